The number of aryl methyl sites for hydroxylation is 1. The summed E-state index contributed by atoms with van der Waals surface area (Å²) in [4.78, 5) is 16.8. The van der Waals surface area contributed by atoms with Crippen molar-refractivity contribution in [2.45, 2.75) is 31.5 Å². The largest absolute Gasteiger partial charge is 0.390 e. The van der Waals surface area contributed by atoms with Gasteiger partial charge in [0.1, 0.15) is 0 Å². The van der Waals surface area contributed by atoms with Crippen LogP contribution in [0.2, 0.25) is 0 Å². The van der Waals surface area contributed by atoms with Crippen LogP contribution in [0.15, 0.2) is 28.2 Å². The maximum atomic E-state index is 12.3. The number of benzene rings is 1. The molecule has 2 aromatic rings. The highest BCUT2D eigenvalue weighted by Gasteiger charge is 2.16. The van der Waals surface area contributed by atoms with Crippen molar-refractivity contribution in [1.82, 2.24) is 9.55 Å². The van der Waals surface area contributed by atoms with Crippen LogP contribution in [-0.4, -0.2) is 26.0 Å². The molecule has 1 N–H and O–H groups in total. The molecule has 5 heteroatoms. The molecule has 2 rings (SSSR count). The monoisotopic (exact) mass is 278 g/mol. The van der Waals surface area contributed by atoms with Crippen LogP contribution in [0.4, 0.5) is 0 Å². The summed E-state index contributed by atoms with van der Waals surface area (Å²) in [7, 11) is 1.71. The van der Waals surface area contributed by atoms with E-state index in [2.05, 4.69) is 4.98 Å². The number of aliphatic hydroxyl groups is 1. The topological polar surface area (TPSA) is 55.1 Å². The third kappa shape index (κ3) is 3.16. The molecule has 0 radical (unpaired) electrons. The van der Waals surface area contributed by atoms with Crippen molar-refractivity contribution in [3.8, 4) is 0 Å². The van der Waals surface area contributed by atoms with Gasteiger partial charge in [0.05, 0.1) is 16.5 Å². The number of hydrogen-bond acceptors (Lipinski definition) is 4. The molecule has 0 fully saturated rings. The van der Waals surface area contributed by atoms with Crippen molar-refractivity contribution in [2.24, 2.45) is 7.05 Å². The number of nitrogens with zero attached hydrogens (tertiary/aromatic N) is 2. The fourth-order valence-corrected chi connectivity index (χ4v) is 2.66. The lowest BCUT2D eigenvalue weighted by molar-refractivity contribution is 0.107. The molecule has 0 aliphatic rings. The van der Waals surface area contributed by atoms with Crippen molar-refractivity contribution < 1.29 is 5.11 Å². The highest BCUT2D eigenvalue weighted by atomic mass is 32.2. The summed E-state index contributed by atoms with van der Waals surface area (Å²) in [6.45, 7) is 5.43. The highest BCUT2D eigenvalue weighted by Crippen LogP contribution is 2.21. The van der Waals surface area contributed by atoms with Gasteiger partial charge in [-0.2, -0.15) is 0 Å². The van der Waals surface area contributed by atoms with E-state index >= 15 is 0 Å². The van der Waals surface area contributed by atoms with Gasteiger partial charge in [0.25, 0.3) is 5.56 Å². The molecule has 0 aliphatic heterocycles. The molecular weight excluding hydrogens is 260 g/mol. The number of rotatable bonds is 3. The SMILES string of the molecule is Cc1ccc2nc(SCC(C)(C)O)n(C)c(=O)c2c1. The van der Waals surface area contributed by atoms with Crippen molar-refractivity contribution in [3.63, 3.8) is 0 Å². The van der Waals surface area contributed by atoms with Crippen LogP contribution < -0.4 is 5.56 Å². The summed E-state index contributed by atoms with van der Waals surface area (Å²) in [5.74, 6) is 0.491. The zero-order chi connectivity index (χ0) is 14.2. The zero-order valence-electron chi connectivity index (χ0n) is 11.6. The van der Waals surface area contributed by atoms with Crippen molar-refractivity contribution in [3.05, 3.63) is 34.1 Å². The lowest BCUT2D eigenvalue weighted by atomic mass is 10.2. The summed E-state index contributed by atoms with van der Waals surface area (Å²) in [6.07, 6.45) is 0. The van der Waals surface area contributed by atoms with Crippen LogP contribution in [0.3, 0.4) is 0 Å². The second kappa shape index (κ2) is 4.98. The van der Waals surface area contributed by atoms with Crippen LogP contribution in [-0.2, 0) is 7.05 Å². The molecule has 0 unspecified atom stereocenters. The smallest absolute Gasteiger partial charge is 0.261 e. The molecule has 0 saturated carbocycles. The molecule has 0 atom stereocenters. The highest BCUT2D eigenvalue weighted by molar-refractivity contribution is 7.99. The van der Waals surface area contributed by atoms with Gasteiger partial charge >= 0.3 is 0 Å². The first-order valence-corrected chi connectivity index (χ1v) is 7.09. The molecule has 0 aliphatic carbocycles. The minimum Gasteiger partial charge on any atom is -0.390 e. The van der Waals surface area contributed by atoms with Gasteiger partial charge in [-0.3, -0.25) is 9.36 Å². The molecule has 4 nitrogen and oxygen atoms in total. The van der Waals surface area contributed by atoms with Gasteiger partial charge in [0.15, 0.2) is 5.16 Å². The van der Waals surface area contributed by atoms with E-state index in [0.717, 1.165) is 5.56 Å². The number of hydrogen-bond donors (Lipinski definition) is 1. The summed E-state index contributed by atoms with van der Waals surface area (Å²) >= 11 is 1.39. The summed E-state index contributed by atoms with van der Waals surface area (Å²) in [5, 5.41) is 11.0. The fraction of sp³-hybridized carbons (Fsp3) is 0.429. The Kier molecular flexibility index (Phi) is 3.69. The molecule has 1 aromatic heterocycles. The Balaban J connectivity index is 2.49. The maximum absolute atomic E-state index is 12.3. The Bertz CT molecular complexity index is 671. The molecule has 1 heterocycles. The van der Waals surface area contributed by atoms with Gasteiger partial charge in [-0.05, 0) is 32.9 Å². The maximum Gasteiger partial charge on any atom is 0.261 e. The number of aromatic nitrogens is 2. The van der Waals surface area contributed by atoms with Crippen LogP contribution in [0.25, 0.3) is 10.9 Å². The van der Waals surface area contributed by atoms with Gasteiger partial charge in [0, 0.05) is 12.8 Å². The van der Waals surface area contributed by atoms with Crippen molar-refractivity contribution >= 4 is 22.7 Å². The van der Waals surface area contributed by atoms with E-state index in [9.17, 15) is 9.90 Å². The lowest BCUT2D eigenvalue weighted by Crippen LogP contribution is -2.24. The van der Waals surface area contributed by atoms with Gasteiger partial charge in [-0.25, -0.2) is 4.98 Å². The Hall–Kier alpha value is -1.33. The van der Waals surface area contributed by atoms with Crippen molar-refractivity contribution in [1.29, 1.82) is 0 Å². The zero-order valence-corrected chi connectivity index (χ0v) is 12.4. The Morgan fingerprint density at radius 3 is 2.74 bits per heavy atom. The fourth-order valence-electron chi connectivity index (χ4n) is 1.73. The van der Waals surface area contributed by atoms with E-state index < -0.39 is 5.60 Å². The first-order chi connectivity index (χ1) is 8.78. The molecule has 0 bridgehead atoms. The summed E-state index contributed by atoms with van der Waals surface area (Å²) in [5.41, 5.74) is 0.909. The van der Waals surface area contributed by atoms with E-state index in [-0.39, 0.29) is 5.56 Å². The third-order valence-corrected chi connectivity index (χ3v) is 4.22. The molecular formula is C14H18N2O2S. The summed E-state index contributed by atoms with van der Waals surface area (Å²) < 4.78 is 1.54. The van der Waals surface area contributed by atoms with E-state index in [4.69, 9.17) is 0 Å². The number of thioether (sulfide) groups is 1. The molecule has 0 saturated heterocycles. The van der Waals surface area contributed by atoms with Gasteiger partial charge in [-0.1, -0.05) is 23.4 Å². The first-order valence-electron chi connectivity index (χ1n) is 6.10. The van der Waals surface area contributed by atoms with Crippen LogP contribution in [0.1, 0.15) is 19.4 Å². The number of fused-ring (bicyclic) bond motifs is 1. The first kappa shape index (κ1) is 14.1. The second-order valence-corrected chi connectivity index (χ2v) is 6.32. The van der Waals surface area contributed by atoms with Crippen LogP contribution >= 0.6 is 11.8 Å². The minimum atomic E-state index is -0.787. The van der Waals surface area contributed by atoms with Gasteiger partial charge in [0.2, 0.25) is 0 Å². The lowest BCUT2D eigenvalue weighted by Gasteiger charge is -2.17. The Morgan fingerprint density at radius 1 is 1.42 bits per heavy atom. The van der Waals surface area contributed by atoms with E-state index in [0.29, 0.717) is 21.8 Å². The normalized spacial score (nSPS) is 12.1. The van der Waals surface area contributed by atoms with Gasteiger partial charge < -0.3 is 5.11 Å². The average Bonchev–Trinajstić information content (AvgIpc) is 2.32. The van der Waals surface area contributed by atoms with Crippen molar-refractivity contribution in [2.75, 3.05) is 5.75 Å². The van der Waals surface area contributed by atoms with Crippen LogP contribution in [0, 0.1) is 6.92 Å². The molecule has 1 aromatic carbocycles. The Morgan fingerprint density at radius 2 is 2.11 bits per heavy atom. The standard InChI is InChI=1S/C14H18N2O2S/c1-9-5-6-11-10(7-9)12(17)16(4)13(15-11)19-8-14(2,3)18/h5-7,18H,8H2,1-4H3. The average molecular weight is 278 g/mol. The third-order valence-electron chi connectivity index (χ3n) is 2.74. The van der Waals surface area contributed by atoms with E-state index in [1.807, 2.05) is 25.1 Å². The molecule has 0 amide bonds. The summed E-state index contributed by atoms with van der Waals surface area (Å²) in [6, 6.07) is 5.66. The molecule has 0 spiro atoms. The van der Waals surface area contributed by atoms with Gasteiger partial charge in [-0.15, -0.1) is 0 Å². The predicted molar refractivity (Wildman–Crippen MR) is 78.7 cm³/mol. The predicted octanol–water partition coefficient (Wildman–Crippen LogP) is 2.10. The molecule has 102 valence electrons. The Labute approximate surface area is 116 Å². The van der Waals surface area contributed by atoms with E-state index in [1.165, 1.54) is 16.3 Å². The minimum absolute atomic E-state index is 0.0491. The second-order valence-electron chi connectivity index (χ2n) is 5.38. The van der Waals surface area contributed by atoms with E-state index in [1.54, 1.807) is 20.9 Å². The quantitative estimate of drug-likeness (QED) is 0.690. The molecule has 19 heavy (non-hydrogen) atoms. The van der Waals surface area contributed by atoms with Crippen LogP contribution in [0.5, 0.6) is 0 Å².